The number of nitrogens with one attached hydrogen (secondary N) is 1. The Morgan fingerprint density at radius 3 is 2.24 bits per heavy atom. The Hall–Kier alpha value is -2.81. The Kier molecular flexibility index (Phi) is 5.39. The van der Waals surface area contributed by atoms with Crippen LogP contribution in [-0.2, 0) is 16.2 Å². The van der Waals surface area contributed by atoms with Crippen LogP contribution in [0, 0.1) is 11.6 Å². The molecule has 6 nitrogen and oxygen atoms in total. The number of fused-ring (bicyclic) bond motifs is 1. The fraction of sp³-hybridized carbons (Fsp3) is 0.333. The largest absolute Gasteiger partial charge is 0.417 e. The molecule has 0 amide bonds. The molecule has 0 saturated carbocycles. The number of rotatable bonds is 3. The summed E-state index contributed by atoms with van der Waals surface area (Å²) < 4.78 is 134. The lowest BCUT2D eigenvalue weighted by Crippen LogP contribution is -2.44. The van der Waals surface area contributed by atoms with Gasteiger partial charge in [-0.15, -0.1) is 0 Å². The molecule has 0 spiro atoms. The van der Waals surface area contributed by atoms with Crippen molar-refractivity contribution in [1.82, 2.24) is 19.3 Å². The first-order valence-corrected chi connectivity index (χ1v) is 10.6. The summed E-state index contributed by atoms with van der Waals surface area (Å²) in [6.45, 7) is -0.480. The minimum Gasteiger partial charge on any atom is -0.342 e. The van der Waals surface area contributed by atoms with E-state index in [0.717, 1.165) is 0 Å². The van der Waals surface area contributed by atoms with Crippen LogP contribution in [-0.4, -0.2) is 46.4 Å². The molecule has 15 heteroatoms. The predicted octanol–water partition coefficient (Wildman–Crippen LogP) is 4.64. The number of hydrogen-bond donors (Lipinski definition) is 1. The first kappa shape index (κ1) is 23.4. The van der Waals surface area contributed by atoms with Crippen molar-refractivity contribution in [3.63, 3.8) is 0 Å². The van der Waals surface area contributed by atoms with Crippen molar-refractivity contribution in [3.05, 3.63) is 41.7 Å². The smallest absolute Gasteiger partial charge is 0.342 e. The minimum absolute atomic E-state index is 0.0751. The standard InChI is InChI=1S/C18H12F8N4O2S/c19-8-6-27-16(28-7-8)14-9-4-13(29-15(9)11(20)5-10(14)17(21,22)23)33(31,32)30-3-1-2-12(30)18(24,25)26/h4-7,12,29H,1-3H2. The van der Waals surface area contributed by atoms with Gasteiger partial charge in [-0.2, -0.15) is 30.6 Å². The van der Waals surface area contributed by atoms with Gasteiger partial charge in [0.1, 0.15) is 16.9 Å². The van der Waals surface area contributed by atoms with Crippen molar-refractivity contribution < 1.29 is 43.5 Å². The van der Waals surface area contributed by atoms with Crippen LogP contribution in [0.1, 0.15) is 18.4 Å². The van der Waals surface area contributed by atoms with Gasteiger partial charge in [0.25, 0.3) is 10.0 Å². The van der Waals surface area contributed by atoms with Gasteiger partial charge in [-0.25, -0.2) is 27.2 Å². The zero-order valence-corrected chi connectivity index (χ0v) is 16.9. The van der Waals surface area contributed by atoms with E-state index in [1.165, 1.54) is 0 Å². The van der Waals surface area contributed by atoms with Gasteiger partial charge in [-0.1, -0.05) is 0 Å². The maximum Gasteiger partial charge on any atom is 0.417 e. The van der Waals surface area contributed by atoms with E-state index in [0.29, 0.717) is 18.5 Å². The highest BCUT2D eigenvalue weighted by atomic mass is 32.2. The van der Waals surface area contributed by atoms with Crippen LogP contribution in [0.25, 0.3) is 22.3 Å². The Morgan fingerprint density at radius 1 is 1.03 bits per heavy atom. The highest BCUT2D eigenvalue weighted by Crippen LogP contribution is 2.43. The van der Waals surface area contributed by atoms with Gasteiger partial charge in [0.05, 0.1) is 23.5 Å². The molecule has 2 aromatic heterocycles. The molecule has 1 aliphatic rings. The number of benzene rings is 1. The van der Waals surface area contributed by atoms with Gasteiger partial charge in [0.15, 0.2) is 11.6 Å². The molecule has 0 aliphatic carbocycles. The van der Waals surface area contributed by atoms with Crippen LogP contribution >= 0.6 is 0 Å². The molecule has 1 atom stereocenters. The monoisotopic (exact) mass is 500 g/mol. The van der Waals surface area contributed by atoms with E-state index < -0.39 is 85.9 Å². The van der Waals surface area contributed by atoms with Crippen molar-refractivity contribution in [3.8, 4) is 11.4 Å². The van der Waals surface area contributed by atoms with E-state index >= 15 is 0 Å². The minimum atomic E-state index is -5.14. The number of hydrogen-bond acceptors (Lipinski definition) is 4. The molecule has 33 heavy (non-hydrogen) atoms. The Bertz CT molecular complexity index is 1320. The maximum absolute atomic E-state index is 14.6. The topological polar surface area (TPSA) is 79.0 Å². The Balaban J connectivity index is 1.96. The summed E-state index contributed by atoms with van der Waals surface area (Å²) >= 11 is 0. The van der Waals surface area contributed by atoms with Gasteiger partial charge in [0, 0.05) is 17.5 Å². The molecule has 4 rings (SSSR count). The molecule has 3 aromatic rings. The quantitative estimate of drug-likeness (QED) is 0.532. The lowest BCUT2D eigenvalue weighted by Gasteiger charge is -2.25. The molecular weight excluding hydrogens is 488 g/mol. The van der Waals surface area contributed by atoms with Crippen molar-refractivity contribution in [2.75, 3.05) is 6.54 Å². The van der Waals surface area contributed by atoms with Crippen molar-refractivity contribution in [2.24, 2.45) is 0 Å². The number of aromatic amines is 1. The van der Waals surface area contributed by atoms with Gasteiger partial charge < -0.3 is 4.98 Å². The summed E-state index contributed by atoms with van der Waals surface area (Å²) in [7, 11) is -4.89. The predicted molar refractivity (Wildman–Crippen MR) is 97.2 cm³/mol. The zero-order valence-electron chi connectivity index (χ0n) is 16.1. The fourth-order valence-corrected chi connectivity index (χ4v) is 5.44. The van der Waals surface area contributed by atoms with E-state index in [2.05, 4.69) is 15.0 Å². The van der Waals surface area contributed by atoms with Gasteiger partial charge >= 0.3 is 12.4 Å². The molecule has 1 aliphatic heterocycles. The normalized spacial score (nSPS) is 18.4. The van der Waals surface area contributed by atoms with Crippen molar-refractivity contribution in [1.29, 1.82) is 0 Å². The average molecular weight is 500 g/mol. The molecule has 178 valence electrons. The zero-order chi connectivity index (χ0) is 24.3. The van der Waals surface area contributed by atoms with Gasteiger partial charge in [-0.05, 0) is 25.0 Å². The highest BCUT2D eigenvalue weighted by molar-refractivity contribution is 7.89. The van der Waals surface area contributed by atoms with E-state index in [1.807, 2.05) is 0 Å². The second kappa shape index (κ2) is 7.62. The van der Waals surface area contributed by atoms with E-state index in [1.54, 1.807) is 0 Å². The van der Waals surface area contributed by atoms with Gasteiger partial charge in [-0.3, -0.25) is 0 Å². The molecule has 0 bridgehead atoms. The number of alkyl halides is 6. The first-order valence-electron chi connectivity index (χ1n) is 9.20. The highest BCUT2D eigenvalue weighted by Gasteiger charge is 2.51. The summed E-state index contributed by atoms with van der Waals surface area (Å²) in [4.78, 5) is 9.01. The Labute approximate surface area is 180 Å². The first-order chi connectivity index (χ1) is 15.2. The van der Waals surface area contributed by atoms with Crippen LogP contribution in [0.5, 0.6) is 0 Å². The molecule has 3 heterocycles. The summed E-state index contributed by atoms with van der Waals surface area (Å²) in [5.41, 5.74) is -3.14. The number of H-pyrrole nitrogens is 1. The second-order valence-electron chi connectivity index (χ2n) is 7.24. The Morgan fingerprint density at radius 2 is 1.67 bits per heavy atom. The van der Waals surface area contributed by atoms with Crippen molar-refractivity contribution in [2.45, 2.75) is 36.3 Å². The molecule has 1 fully saturated rings. The second-order valence-corrected chi connectivity index (χ2v) is 9.10. The fourth-order valence-electron chi connectivity index (χ4n) is 3.76. The number of sulfonamides is 1. The van der Waals surface area contributed by atoms with Crippen LogP contribution in [0.2, 0.25) is 0 Å². The van der Waals surface area contributed by atoms with E-state index in [4.69, 9.17) is 0 Å². The van der Waals surface area contributed by atoms with Gasteiger partial charge in [0.2, 0.25) is 0 Å². The molecule has 0 radical (unpaired) electrons. The maximum atomic E-state index is 14.6. The SMILES string of the molecule is O=S(=O)(c1cc2c(-c3ncc(F)cn3)c(C(F)(F)F)cc(F)c2[nH]1)N1CCCC1C(F)(F)F. The van der Waals surface area contributed by atoms with Crippen LogP contribution in [0.15, 0.2) is 29.6 Å². The third-order valence-electron chi connectivity index (χ3n) is 5.16. The van der Waals surface area contributed by atoms with E-state index in [9.17, 15) is 43.5 Å². The van der Waals surface area contributed by atoms with Crippen LogP contribution < -0.4 is 0 Å². The summed E-state index contributed by atoms with van der Waals surface area (Å²) in [5, 5.41) is -1.58. The lowest BCUT2D eigenvalue weighted by atomic mass is 10.0. The average Bonchev–Trinajstić information content (AvgIpc) is 3.36. The lowest BCUT2D eigenvalue weighted by molar-refractivity contribution is -0.165. The number of halogens is 8. The van der Waals surface area contributed by atoms with Crippen LogP contribution in [0.4, 0.5) is 35.1 Å². The molecule has 1 unspecified atom stereocenters. The number of nitrogens with zero attached hydrogens (tertiary/aromatic N) is 3. The molecule has 1 saturated heterocycles. The van der Waals surface area contributed by atoms with E-state index in [-0.39, 0.29) is 16.8 Å². The molecule has 1 aromatic carbocycles. The molecular formula is C18H12F8N4O2S. The summed E-state index contributed by atoms with van der Waals surface area (Å²) in [6, 6.07) is -1.66. The van der Waals surface area contributed by atoms with Crippen LogP contribution in [0.3, 0.4) is 0 Å². The summed E-state index contributed by atoms with van der Waals surface area (Å²) in [6.07, 6.45) is -9.50. The summed E-state index contributed by atoms with van der Waals surface area (Å²) in [5.74, 6) is -3.17. The molecule has 1 N–H and O–H groups in total. The third-order valence-corrected chi connectivity index (χ3v) is 6.99. The van der Waals surface area contributed by atoms with Crippen molar-refractivity contribution >= 4 is 20.9 Å². The number of aromatic nitrogens is 3. The third kappa shape index (κ3) is 4.03.